The predicted octanol–water partition coefficient (Wildman–Crippen LogP) is 1.88. The van der Waals surface area contributed by atoms with Gasteiger partial charge in [-0.2, -0.15) is 0 Å². The normalized spacial score (nSPS) is 19.7. The lowest BCUT2D eigenvalue weighted by atomic mass is 10.0. The van der Waals surface area contributed by atoms with Crippen LogP contribution in [0.3, 0.4) is 0 Å². The molecule has 1 unspecified atom stereocenters. The summed E-state index contributed by atoms with van der Waals surface area (Å²) in [7, 11) is 1.98. The molecule has 19 heavy (non-hydrogen) atoms. The van der Waals surface area contributed by atoms with Gasteiger partial charge >= 0.3 is 0 Å². The molecule has 1 atom stereocenters. The van der Waals surface area contributed by atoms with Crippen LogP contribution in [0.15, 0.2) is 18.6 Å². The third-order valence-corrected chi connectivity index (χ3v) is 3.73. The molecular weight excluding hydrogens is 240 g/mol. The Morgan fingerprint density at radius 1 is 1.42 bits per heavy atom. The largest absolute Gasteiger partial charge is 0.476 e. The van der Waals surface area contributed by atoms with E-state index >= 15 is 0 Å². The van der Waals surface area contributed by atoms with Crippen LogP contribution in [0.4, 0.5) is 0 Å². The zero-order valence-corrected chi connectivity index (χ0v) is 11.3. The fraction of sp³-hybridized carbons (Fsp3) is 0.571. The average Bonchev–Trinajstić information content (AvgIpc) is 2.83. The summed E-state index contributed by atoms with van der Waals surface area (Å²) in [4.78, 5) is 8.63. The van der Waals surface area contributed by atoms with Gasteiger partial charge in [0.1, 0.15) is 0 Å². The second-order valence-electron chi connectivity index (χ2n) is 5.12. The van der Waals surface area contributed by atoms with Gasteiger partial charge in [-0.25, -0.2) is 9.97 Å². The molecule has 102 valence electrons. The minimum absolute atomic E-state index is 0.594. The maximum Gasteiger partial charge on any atom is 0.242 e. The number of pyridine rings is 1. The van der Waals surface area contributed by atoms with E-state index in [2.05, 4.69) is 15.3 Å². The number of rotatable bonds is 4. The van der Waals surface area contributed by atoms with Crippen LogP contribution in [0, 0.1) is 0 Å². The molecule has 0 radical (unpaired) electrons. The Morgan fingerprint density at radius 2 is 2.37 bits per heavy atom. The molecule has 2 aromatic heterocycles. The van der Waals surface area contributed by atoms with E-state index in [1.807, 2.05) is 17.7 Å². The van der Waals surface area contributed by atoms with Crippen molar-refractivity contribution in [1.29, 1.82) is 0 Å². The molecule has 1 saturated heterocycles. The summed E-state index contributed by atoms with van der Waals surface area (Å²) in [6.07, 6.45) is 8.48. The number of nitrogens with zero attached hydrogens (tertiary/aromatic N) is 3. The highest BCUT2D eigenvalue weighted by atomic mass is 16.5. The van der Waals surface area contributed by atoms with E-state index in [0.717, 1.165) is 24.0 Å². The van der Waals surface area contributed by atoms with Crippen molar-refractivity contribution < 1.29 is 4.74 Å². The molecule has 3 rings (SSSR count). The van der Waals surface area contributed by atoms with Gasteiger partial charge in [0, 0.05) is 19.3 Å². The van der Waals surface area contributed by atoms with Gasteiger partial charge in [-0.1, -0.05) is 6.42 Å². The number of hydrogen-bond acceptors (Lipinski definition) is 4. The number of piperidine rings is 1. The molecular formula is C14H20N4O. The van der Waals surface area contributed by atoms with E-state index in [4.69, 9.17) is 4.74 Å². The smallest absolute Gasteiger partial charge is 0.242 e. The first-order valence-corrected chi connectivity index (χ1v) is 6.97. The van der Waals surface area contributed by atoms with Crippen molar-refractivity contribution in [1.82, 2.24) is 19.9 Å². The average molecular weight is 260 g/mol. The third kappa shape index (κ3) is 2.71. The minimum Gasteiger partial charge on any atom is -0.476 e. The Bertz CT molecular complexity index is 545. The van der Waals surface area contributed by atoms with Crippen LogP contribution in [0.5, 0.6) is 5.88 Å². The van der Waals surface area contributed by atoms with E-state index in [-0.39, 0.29) is 0 Å². The zero-order valence-electron chi connectivity index (χ0n) is 11.3. The van der Waals surface area contributed by atoms with Gasteiger partial charge in [-0.3, -0.25) is 0 Å². The van der Waals surface area contributed by atoms with Crippen molar-refractivity contribution in [3.8, 4) is 5.88 Å². The van der Waals surface area contributed by atoms with Crippen molar-refractivity contribution in [3.63, 3.8) is 0 Å². The van der Waals surface area contributed by atoms with Crippen molar-refractivity contribution in [2.75, 3.05) is 13.2 Å². The molecule has 5 nitrogen and oxygen atoms in total. The molecule has 1 fully saturated rings. The Balaban J connectivity index is 1.62. The molecule has 0 saturated carbocycles. The van der Waals surface area contributed by atoms with E-state index in [9.17, 15) is 0 Å². The van der Waals surface area contributed by atoms with Gasteiger partial charge in [0.15, 0.2) is 5.52 Å². The second-order valence-corrected chi connectivity index (χ2v) is 5.12. The highest BCUT2D eigenvalue weighted by Crippen LogP contribution is 2.21. The van der Waals surface area contributed by atoms with Gasteiger partial charge in [-0.05, 0) is 31.9 Å². The number of imidazole rings is 1. The van der Waals surface area contributed by atoms with Crippen molar-refractivity contribution in [2.24, 2.45) is 7.05 Å². The van der Waals surface area contributed by atoms with E-state index in [1.54, 1.807) is 12.5 Å². The molecule has 0 aromatic carbocycles. The molecule has 2 aromatic rings. The molecule has 0 spiro atoms. The first-order chi connectivity index (χ1) is 9.34. The number of fused-ring (bicyclic) bond motifs is 1. The summed E-state index contributed by atoms with van der Waals surface area (Å²) in [6, 6.07) is 2.55. The Labute approximate surface area is 113 Å². The van der Waals surface area contributed by atoms with Gasteiger partial charge in [0.05, 0.1) is 18.5 Å². The number of hydrogen-bond donors (Lipinski definition) is 1. The van der Waals surface area contributed by atoms with Crippen LogP contribution in [0.25, 0.3) is 11.0 Å². The highest BCUT2D eigenvalue weighted by Gasteiger charge is 2.13. The van der Waals surface area contributed by atoms with Gasteiger partial charge in [0.2, 0.25) is 5.88 Å². The number of aryl methyl sites for hydroxylation is 1. The van der Waals surface area contributed by atoms with Crippen LogP contribution in [0.2, 0.25) is 0 Å². The monoisotopic (exact) mass is 260 g/mol. The quantitative estimate of drug-likeness (QED) is 0.912. The molecule has 5 heteroatoms. The Hall–Kier alpha value is -1.62. The summed E-state index contributed by atoms with van der Waals surface area (Å²) in [6.45, 7) is 1.83. The summed E-state index contributed by atoms with van der Waals surface area (Å²) in [5, 5.41) is 3.53. The number of nitrogens with one attached hydrogen (secondary N) is 1. The first-order valence-electron chi connectivity index (χ1n) is 6.97. The molecule has 1 N–H and O–H groups in total. The molecule has 1 aliphatic heterocycles. The lowest BCUT2D eigenvalue weighted by Gasteiger charge is -2.23. The topological polar surface area (TPSA) is 52.0 Å². The lowest BCUT2D eigenvalue weighted by molar-refractivity contribution is 0.263. The number of ether oxygens (including phenoxy) is 1. The Kier molecular flexibility index (Phi) is 3.64. The summed E-state index contributed by atoms with van der Waals surface area (Å²) < 4.78 is 7.79. The van der Waals surface area contributed by atoms with Crippen LogP contribution in [-0.2, 0) is 7.05 Å². The van der Waals surface area contributed by atoms with Gasteiger partial charge in [0.25, 0.3) is 0 Å². The van der Waals surface area contributed by atoms with Crippen molar-refractivity contribution >= 4 is 11.0 Å². The summed E-state index contributed by atoms with van der Waals surface area (Å²) >= 11 is 0. The Morgan fingerprint density at radius 3 is 3.21 bits per heavy atom. The van der Waals surface area contributed by atoms with Crippen LogP contribution >= 0.6 is 0 Å². The maximum absolute atomic E-state index is 5.81. The van der Waals surface area contributed by atoms with Crippen molar-refractivity contribution in [2.45, 2.75) is 31.7 Å². The summed E-state index contributed by atoms with van der Waals surface area (Å²) in [5.74, 6) is 0.647. The van der Waals surface area contributed by atoms with Crippen LogP contribution in [-0.4, -0.2) is 33.7 Å². The summed E-state index contributed by atoms with van der Waals surface area (Å²) in [5.41, 5.74) is 1.90. The fourth-order valence-electron chi connectivity index (χ4n) is 2.61. The van der Waals surface area contributed by atoms with Crippen LogP contribution < -0.4 is 10.1 Å². The standard InChI is InChI=1S/C14H20N4O/c1-18-10-17-13-12(18)5-8-16-14(13)19-9-6-11-4-2-3-7-15-11/h5,8,10-11,15H,2-4,6-7,9H2,1H3. The molecule has 1 aliphatic rings. The minimum atomic E-state index is 0.594. The highest BCUT2D eigenvalue weighted by molar-refractivity contribution is 5.79. The van der Waals surface area contributed by atoms with E-state index in [1.165, 1.54) is 19.3 Å². The van der Waals surface area contributed by atoms with E-state index in [0.29, 0.717) is 18.5 Å². The predicted molar refractivity (Wildman–Crippen MR) is 74.3 cm³/mol. The van der Waals surface area contributed by atoms with E-state index < -0.39 is 0 Å². The van der Waals surface area contributed by atoms with Crippen LogP contribution in [0.1, 0.15) is 25.7 Å². The maximum atomic E-state index is 5.81. The SMILES string of the molecule is Cn1cnc2c(OCCC3CCCCN3)nccc21. The molecule has 0 bridgehead atoms. The van der Waals surface area contributed by atoms with Gasteiger partial charge < -0.3 is 14.6 Å². The lowest BCUT2D eigenvalue weighted by Crippen LogP contribution is -2.35. The van der Waals surface area contributed by atoms with Crippen molar-refractivity contribution in [3.05, 3.63) is 18.6 Å². The molecule has 0 aliphatic carbocycles. The van der Waals surface area contributed by atoms with Gasteiger partial charge in [-0.15, -0.1) is 0 Å². The first kappa shape index (κ1) is 12.4. The zero-order chi connectivity index (χ0) is 13.1. The molecule has 3 heterocycles. The third-order valence-electron chi connectivity index (χ3n) is 3.73. The molecule has 0 amide bonds. The fourth-order valence-corrected chi connectivity index (χ4v) is 2.61. The number of aromatic nitrogens is 3. The second kappa shape index (κ2) is 5.57.